The number of fused-ring (bicyclic) bond motifs is 1. The molecule has 2 heterocycles. The van der Waals surface area contributed by atoms with E-state index in [0.29, 0.717) is 47.5 Å². The number of carbonyl (C=O) groups is 1. The smallest absolute Gasteiger partial charge is 0.271 e. The minimum absolute atomic E-state index is 0.0155. The first-order chi connectivity index (χ1) is 17.7. The van der Waals surface area contributed by atoms with Crippen LogP contribution in [0.2, 0.25) is 0 Å². The molecule has 6 rings (SSSR count). The van der Waals surface area contributed by atoms with E-state index in [1.54, 1.807) is 32.9 Å². The summed E-state index contributed by atoms with van der Waals surface area (Å²) in [5.41, 5.74) is 3.50. The fraction of sp³-hybridized carbons (Fsp3) is 0.464. The summed E-state index contributed by atoms with van der Waals surface area (Å²) >= 11 is 0. The lowest BCUT2D eigenvalue weighted by Gasteiger charge is -2.39. The van der Waals surface area contributed by atoms with Crippen molar-refractivity contribution in [3.05, 3.63) is 70.8 Å². The average molecular weight is 511 g/mol. The van der Waals surface area contributed by atoms with Crippen LogP contribution in [0.1, 0.15) is 84.0 Å². The second kappa shape index (κ2) is 8.97. The predicted octanol–water partition coefficient (Wildman–Crippen LogP) is 5.04. The topological polar surface area (TPSA) is 54.0 Å². The largest absolute Gasteiger partial charge is 0.307 e. The van der Waals surface area contributed by atoms with Gasteiger partial charge in [-0.15, -0.1) is 0 Å². The molecule has 2 aromatic carbocycles. The van der Waals surface area contributed by atoms with E-state index >= 15 is 0 Å². The van der Waals surface area contributed by atoms with Gasteiger partial charge in [0.05, 0.1) is 19.3 Å². The molecule has 0 radical (unpaired) electrons. The molecule has 0 unspecified atom stereocenters. The highest BCUT2D eigenvalue weighted by Gasteiger charge is 2.39. The molecule has 0 atom stereocenters. The minimum atomic E-state index is -2.69. The van der Waals surface area contributed by atoms with E-state index < -0.39 is 12.6 Å². The molecule has 0 saturated heterocycles. The Hall–Kier alpha value is -3.20. The first-order valence-electron chi connectivity index (χ1n) is 12.9. The highest BCUT2D eigenvalue weighted by Crippen LogP contribution is 2.44. The van der Waals surface area contributed by atoms with Crippen LogP contribution in [-0.2, 0) is 20.1 Å². The van der Waals surface area contributed by atoms with E-state index in [1.807, 2.05) is 25.2 Å². The molecule has 1 aliphatic heterocycles. The Bertz CT molecular complexity index is 1360. The Morgan fingerprint density at radius 2 is 2.03 bits per heavy atom. The van der Waals surface area contributed by atoms with Gasteiger partial charge in [-0.3, -0.25) is 9.69 Å². The molecular formula is C28H31F3N5O+. The molecule has 2 saturated carbocycles. The van der Waals surface area contributed by atoms with Crippen LogP contribution in [0.25, 0.3) is 5.69 Å². The second-order valence-corrected chi connectivity index (χ2v) is 11.0. The molecule has 0 spiro atoms. The number of aryl methyl sites for hydroxylation is 1. The molecule has 2 aliphatic carbocycles. The maximum atomic E-state index is 14.2. The van der Waals surface area contributed by atoms with Crippen molar-refractivity contribution in [2.24, 2.45) is 7.05 Å². The molecule has 3 aromatic rings. The molecule has 1 aromatic heterocycles. The van der Waals surface area contributed by atoms with Gasteiger partial charge in [0.25, 0.3) is 18.7 Å². The molecule has 0 bridgehead atoms. The van der Waals surface area contributed by atoms with E-state index in [9.17, 15) is 18.0 Å². The van der Waals surface area contributed by atoms with Gasteiger partial charge in [-0.05, 0) is 79.4 Å². The Morgan fingerprint density at radius 3 is 2.65 bits per heavy atom. The maximum Gasteiger partial charge on any atom is 0.271 e. The molecule has 6 nitrogen and oxygen atoms in total. The summed E-state index contributed by atoms with van der Waals surface area (Å²) in [5.74, 6) is -0.290. The number of carbonyl (C=O) groups excluding carboxylic acids is 1. The van der Waals surface area contributed by atoms with Crippen molar-refractivity contribution >= 4 is 11.6 Å². The van der Waals surface area contributed by atoms with Gasteiger partial charge in [0.1, 0.15) is 6.17 Å². The Kier molecular flexibility index (Phi) is 5.86. The van der Waals surface area contributed by atoms with Crippen LogP contribution in [-0.4, -0.2) is 27.3 Å². The van der Waals surface area contributed by atoms with Gasteiger partial charge in [0, 0.05) is 28.8 Å². The van der Waals surface area contributed by atoms with Gasteiger partial charge < -0.3 is 5.32 Å². The van der Waals surface area contributed by atoms with Crippen LogP contribution in [0.15, 0.2) is 43.0 Å². The summed E-state index contributed by atoms with van der Waals surface area (Å²) in [6, 6.07) is 8.91. The normalized spacial score (nSPS) is 22.2. The lowest BCUT2D eigenvalue weighted by Crippen LogP contribution is -2.47. The van der Waals surface area contributed by atoms with Crippen LogP contribution in [0.3, 0.4) is 0 Å². The number of para-hydroxylation sites is 1. The lowest BCUT2D eigenvalue weighted by molar-refractivity contribution is -0.657. The van der Waals surface area contributed by atoms with Gasteiger partial charge in [-0.25, -0.2) is 17.7 Å². The number of alkyl halides is 3. The second-order valence-electron chi connectivity index (χ2n) is 11.0. The van der Waals surface area contributed by atoms with Crippen molar-refractivity contribution in [2.75, 3.05) is 4.90 Å². The quantitative estimate of drug-likeness (QED) is 0.453. The SMILES string of the molecule is Cn1cn[n+](-c2c(N3Cc4c(cc(CNC5(C)CCC5)cc4C(F)F)C3=O)cccc2[C@H]2C[C@H](F)C2)c1. The number of halogens is 3. The number of nitrogens with zero attached hydrogens (tertiary/aromatic N) is 4. The van der Waals surface area contributed by atoms with Crippen LogP contribution < -0.4 is 14.9 Å². The lowest BCUT2D eigenvalue weighted by atomic mass is 9.77. The molecule has 3 aliphatic rings. The first-order valence-corrected chi connectivity index (χ1v) is 12.9. The van der Waals surface area contributed by atoms with Gasteiger partial charge in [-0.1, -0.05) is 16.8 Å². The molecule has 1 N–H and O–H groups in total. The van der Waals surface area contributed by atoms with Gasteiger partial charge in [0.2, 0.25) is 6.33 Å². The maximum absolute atomic E-state index is 14.2. The van der Waals surface area contributed by atoms with Crippen molar-refractivity contribution in [2.45, 2.75) is 76.2 Å². The van der Waals surface area contributed by atoms with E-state index in [2.05, 4.69) is 17.3 Å². The van der Waals surface area contributed by atoms with Crippen molar-refractivity contribution in [3.63, 3.8) is 0 Å². The number of benzene rings is 2. The zero-order valence-corrected chi connectivity index (χ0v) is 21.1. The third-order valence-corrected chi connectivity index (χ3v) is 8.28. The number of anilines is 1. The summed E-state index contributed by atoms with van der Waals surface area (Å²) < 4.78 is 45.7. The summed E-state index contributed by atoms with van der Waals surface area (Å²) in [7, 11) is 1.85. The number of amides is 1. The summed E-state index contributed by atoms with van der Waals surface area (Å²) in [4.78, 5) is 15.3. The first kappa shape index (κ1) is 24.2. The molecule has 194 valence electrons. The van der Waals surface area contributed by atoms with E-state index in [4.69, 9.17) is 0 Å². The standard InChI is InChI=1S/C28H31F3N5O/c1-28(7-4-8-28)32-13-17-9-21(26(30)31)23-14-35(27(37)22(23)10-17)24-6-3-5-20(18-11-19(29)12-18)25(24)36-16-34(2)15-33-36/h3,5-6,9-10,15-16,18-19,26,32H,4,7-8,11-14H2,1-2H3/q+1/t18-,19-. The molecule has 37 heavy (non-hydrogen) atoms. The zero-order valence-electron chi connectivity index (χ0n) is 21.1. The number of rotatable bonds is 7. The van der Waals surface area contributed by atoms with Gasteiger partial charge in [0.15, 0.2) is 5.69 Å². The third kappa shape index (κ3) is 4.23. The number of hydrogen-bond donors (Lipinski definition) is 1. The van der Waals surface area contributed by atoms with Crippen molar-refractivity contribution in [1.29, 1.82) is 0 Å². The van der Waals surface area contributed by atoms with Crippen LogP contribution in [0, 0.1) is 0 Å². The Morgan fingerprint density at radius 1 is 1.24 bits per heavy atom. The number of nitrogens with one attached hydrogen (secondary N) is 1. The van der Waals surface area contributed by atoms with E-state index in [1.165, 1.54) is 6.07 Å². The number of hydrogen-bond acceptors (Lipinski definition) is 3. The van der Waals surface area contributed by atoms with Crippen molar-refractivity contribution in [1.82, 2.24) is 15.0 Å². The highest BCUT2D eigenvalue weighted by molar-refractivity contribution is 6.11. The molecule has 1 amide bonds. The predicted molar refractivity (Wildman–Crippen MR) is 133 cm³/mol. The molecular weight excluding hydrogens is 479 g/mol. The minimum Gasteiger partial charge on any atom is -0.307 e. The van der Waals surface area contributed by atoms with Crippen LogP contribution >= 0.6 is 0 Å². The van der Waals surface area contributed by atoms with Crippen molar-refractivity contribution in [3.8, 4) is 5.69 Å². The average Bonchev–Trinajstić information content (AvgIpc) is 3.41. The highest BCUT2D eigenvalue weighted by atomic mass is 19.3. The number of aromatic nitrogens is 3. The zero-order chi connectivity index (χ0) is 25.9. The summed E-state index contributed by atoms with van der Waals surface area (Å²) in [6.07, 6.45) is 4.02. The Labute approximate surface area is 214 Å². The Balaban J connectivity index is 1.39. The fourth-order valence-electron chi connectivity index (χ4n) is 5.82. The van der Waals surface area contributed by atoms with Gasteiger partial charge >= 0.3 is 0 Å². The van der Waals surface area contributed by atoms with Gasteiger partial charge in [-0.2, -0.15) is 0 Å². The van der Waals surface area contributed by atoms with Crippen molar-refractivity contribution < 1.29 is 22.6 Å². The third-order valence-electron chi connectivity index (χ3n) is 8.28. The van der Waals surface area contributed by atoms with Crippen LogP contribution in [0.4, 0.5) is 18.9 Å². The van der Waals surface area contributed by atoms with E-state index in [-0.39, 0.29) is 29.5 Å². The van der Waals surface area contributed by atoms with Crippen LogP contribution in [0.5, 0.6) is 0 Å². The fourth-order valence-corrected chi connectivity index (χ4v) is 5.82. The monoisotopic (exact) mass is 510 g/mol. The summed E-state index contributed by atoms with van der Waals surface area (Å²) in [5, 5.41) is 7.93. The molecule has 9 heteroatoms. The molecule has 2 fully saturated rings. The summed E-state index contributed by atoms with van der Waals surface area (Å²) in [6.45, 7) is 2.63. The van der Waals surface area contributed by atoms with E-state index in [0.717, 1.165) is 24.8 Å².